The number of carbonyl (C=O) groups excluding carboxylic acids is 1. The average Bonchev–Trinajstić information content (AvgIpc) is 2.28. The quantitative estimate of drug-likeness (QED) is 0.603. The fourth-order valence-corrected chi connectivity index (χ4v) is 2.35. The van der Waals surface area contributed by atoms with E-state index in [1.807, 2.05) is 44.5 Å². The van der Waals surface area contributed by atoms with Crippen LogP contribution < -0.4 is 10.2 Å². The Labute approximate surface area is 113 Å². The summed E-state index contributed by atoms with van der Waals surface area (Å²) in [5.41, 5.74) is 1.97. The number of quaternary nitrogens is 1. The Bertz CT molecular complexity index is 432. The molecule has 1 aromatic rings. The minimum Gasteiger partial charge on any atom is -0.326 e. The highest BCUT2D eigenvalue weighted by molar-refractivity contribution is 7.98. The van der Waals surface area contributed by atoms with Gasteiger partial charge in [0.15, 0.2) is 6.54 Å². The number of thioether (sulfide) groups is 1. The molecule has 0 aliphatic heterocycles. The molecule has 0 aromatic heterocycles. The second-order valence-electron chi connectivity index (χ2n) is 4.52. The summed E-state index contributed by atoms with van der Waals surface area (Å²) >= 11 is 1.63. The number of hydrogen-bond acceptors (Lipinski definition) is 2. The summed E-state index contributed by atoms with van der Waals surface area (Å²) in [6, 6.07) is 7.84. The van der Waals surface area contributed by atoms with Crippen molar-refractivity contribution in [2.24, 2.45) is 0 Å². The zero-order valence-corrected chi connectivity index (χ0v) is 12.1. The van der Waals surface area contributed by atoms with Gasteiger partial charge >= 0.3 is 0 Å². The molecular weight excluding hydrogens is 244 g/mol. The average molecular weight is 265 g/mol. The molecule has 0 saturated heterocycles. The zero-order valence-electron chi connectivity index (χ0n) is 11.2. The van der Waals surface area contributed by atoms with E-state index >= 15 is 0 Å². The molecule has 0 saturated carbocycles. The van der Waals surface area contributed by atoms with Gasteiger partial charge in [-0.2, -0.15) is 0 Å². The standard InChI is InChI=1S/C14H20N2OS/c1-11(2)9-16(3)10-14(17)15-12-7-5-6-8-13(12)18-4/h5-8H,1,9-10H2,2-4H3,(H,15,17)/p+1. The number of anilines is 1. The highest BCUT2D eigenvalue weighted by Crippen LogP contribution is 2.24. The van der Waals surface area contributed by atoms with Gasteiger partial charge in [0.2, 0.25) is 0 Å². The molecule has 98 valence electrons. The van der Waals surface area contributed by atoms with Crippen LogP contribution in [0.2, 0.25) is 0 Å². The third kappa shape index (κ3) is 4.94. The highest BCUT2D eigenvalue weighted by Gasteiger charge is 2.11. The molecule has 1 unspecified atom stereocenters. The van der Waals surface area contributed by atoms with Crippen molar-refractivity contribution in [3.05, 3.63) is 36.4 Å². The van der Waals surface area contributed by atoms with Gasteiger partial charge < -0.3 is 10.2 Å². The molecule has 0 bridgehead atoms. The van der Waals surface area contributed by atoms with Crippen LogP contribution in [0, 0.1) is 0 Å². The number of likely N-dealkylation sites (N-methyl/N-ethyl adjacent to an activating group) is 1. The van der Waals surface area contributed by atoms with Crippen LogP contribution in [0.4, 0.5) is 5.69 Å². The van der Waals surface area contributed by atoms with E-state index in [-0.39, 0.29) is 5.91 Å². The van der Waals surface area contributed by atoms with Gasteiger partial charge in [-0.3, -0.25) is 4.79 Å². The predicted octanol–water partition coefficient (Wildman–Crippen LogP) is 1.44. The van der Waals surface area contributed by atoms with Crippen molar-refractivity contribution in [1.29, 1.82) is 0 Å². The third-order valence-corrected chi connectivity index (χ3v) is 3.24. The molecule has 0 spiro atoms. The maximum atomic E-state index is 11.9. The maximum absolute atomic E-state index is 11.9. The number of para-hydroxylation sites is 1. The summed E-state index contributed by atoms with van der Waals surface area (Å²) in [5.74, 6) is 0.0373. The topological polar surface area (TPSA) is 33.5 Å². The molecule has 1 atom stereocenters. The van der Waals surface area contributed by atoms with Crippen molar-refractivity contribution in [1.82, 2.24) is 0 Å². The number of hydrogen-bond donors (Lipinski definition) is 2. The lowest BCUT2D eigenvalue weighted by Gasteiger charge is -2.14. The number of benzene rings is 1. The Balaban J connectivity index is 2.56. The number of rotatable bonds is 6. The van der Waals surface area contributed by atoms with Crippen molar-refractivity contribution in [3.8, 4) is 0 Å². The molecule has 18 heavy (non-hydrogen) atoms. The molecule has 2 N–H and O–H groups in total. The van der Waals surface area contributed by atoms with E-state index in [1.165, 1.54) is 0 Å². The van der Waals surface area contributed by atoms with E-state index in [9.17, 15) is 4.79 Å². The molecule has 0 aliphatic carbocycles. The molecule has 1 amide bonds. The van der Waals surface area contributed by atoms with E-state index < -0.39 is 0 Å². The van der Waals surface area contributed by atoms with Crippen molar-refractivity contribution >= 4 is 23.4 Å². The maximum Gasteiger partial charge on any atom is 0.279 e. The van der Waals surface area contributed by atoms with Gasteiger partial charge in [-0.1, -0.05) is 18.7 Å². The van der Waals surface area contributed by atoms with Crippen LogP contribution in [0.3, 0.4) is 0 Å². The van der Waals surface area contributed by atoms with Gasteiger partial charge in [0.25, 0.3) is 5.91 Å². The van der Waals surface area contributed by atoms with Crippen LogP contribution in [-0.4, -0.2) is 32.3 Å². The molecule has 0 heterocycles. The second-order valence-corrected chi connectivity index (χ2v) is 5.36. The first-order chi connectivity index (χ1) is 8.52. The van der Waals surface area contributed by atoms with Crippen molar-refractivity contribution in [2.45, 2.75) is 11.8 Å². The predicted molar refractivity (Wildman–Crippen MR) is 78.3 cm³/mol. The van der Waals surface area contributed by atoms with Crippen LogP contribution in [0.1, 0.15) is 6.92 Å². The first-order valence-electron chi connectivity index (χ1n) is 5.91. The smallest absolute Gasteiger partial charge is 0.279 e. The molecule has 0 fully saturated rings. The lowest BCUT2D eigenvalue weighted by molar-refractivity contribution is -0.865. The first-order valence-corrected chi connectivity index (χ1v) is 7.14. The third-order valence-electron chi connectivity index (χ3n) is 2.45. The van der Waals surface area contributed by atoms with E-state index in [0.717, 1.165) is 27.6 Å². The minimum atomic E-state index is 0.0373. The van der Waals surface area contributed by atoms with Crippen LogP contribution in [0.25, 0.3) is 0 Å². The monoisotopic (exact) mass is 265 g/mol. The largest absolute Gasteiger partial charge is 0.326 e. The van der Waals surface area contributed by atoms with E-state index in [4.69, 9.17) is 0 Å². The van der Waals surface area contributed by atoms with Crippen LogP contribution in [-0.2, 0) is 4.79 Å². The second kappa shape index (κ2) is 7.24. The number of amides is 1. The van der Waals surface area contributed by atoms with E-state index in [2.05, 4.69) is 11.9 Å². The fraction of sp³-hybridized carbons (Fsp3) is 0.357. The van der Waals surface area contributed by atoms with E-state index in [0.29, 0.717) is 6.54 Å². The molecule has 4 heteroatoms. The van der Waals surface area contributed by atoms with Crippen molar-refractivity contribution in [2.75, 3.05) is 31.7 Å². The van der Waals surface area contributed by atoms with E-state index in [1.54, 1.807) is 11.8 Å². The van der Waals surface area contributed by atoms with Crippen LogP contribution in [0.5, 0.6) is 0 Å². The lowest BCUT2D eigenvalue weighted by atomic mass is 10.3. The Morgan fingerprint density at radius 1 is 1.39 bits per heavy atom. The molecule has 3 nitrogen and oxygen atoms in total. The lowest BCUT2D eigenvalue weighted by Crippen LogP contribution is -3.10. The minimum absolute atomic E-state index is 0.0373. The van der Waals surface area contributed by atoms with Gasteiger partial charge in [-0.25, -0.2) is 0 Å². The molecule has 1 rings (SSSR count). The highest BCUT2D eigenvalue weighted by atomic mass is 32.2. The summed E-state index contributed by atoms with van der Waals surface area (Å²) in [6.45, 7) is 7.11. The molecule has 1 aromatic carbocycles. The first kappa shape index (κ1) is 14.8. The SMILES string of the molecule is C=C(C)C[NH+](C)CC(=O)Nc1ccccc1SC. The number of carbonyl (C=O) groups is 1. The van der Waals surface area contributed by atoms with Crippen LogP contribution in [0.15, 0.2) is 41.3 Å². The zero-order chi connectivity index (χ0) is 13.5. The Morgan fingerprint density at radius 2 is 2.06 bits per heavy atom. The number of nitrogens with one attached hydrogen (secondary N) is 2. The summed E-state index contributed by atoms with van der Waals surface area (Å²) in [5, 5.41) is 2.96. The van der Waals surface area contributed by atoms with Gasteiger partial charge in [-0.15, -0.1) is 11.8 Å². The van der Waals surface area contributed by atoms with Crippen molar-refractivity contribution in [3.63, 3.8) is 0 Å². The van der Waals surface area contributed by atoms with Crippen LogP contribution >= 0.6 is 11.8 Å². The summed E-state index contributed by atoms with van der Waals surface area (Å²) in [7, 11) is 1.99. The summed E-state index contributed by atoms with van der Waals surface area (Å²) in [6.07, 6.45) is 2.00. The molecular formula is C14H21N2OS+. The van der Waals surface area contributed by atoms with Gasteiger partial charge in [0.1, 0.15) is 0 Å². The van der Waals surface area contributed by atoms with Gasteiger partial charge in [0.05, 0.1) is 19.3 Å². The molecule has 0 aliphatic rings. The summed E-state index contributed by atoms with van der Waals surface area (Å²) < 4.78 is 0. The fourth-order valence-electron chi connectivity index (χ4n) is 1.79. The summed E-state index contributed by atoms with van der Waals surface area (Å²) in [4.78, 5) is 14.1. The van der Waals surface area contributed by atoms with Gasteiger partial charge in [0, 0.05) is 4.90 Å². The van der Waals surface area contributed by atoms with Crippen molar-refractivity contribution < 1.29 is 9.69 Å². The Morgan fingerprint density at radius 3 is 2.67 bits per heavy atom. The van der Waals surface area contributed by atoms with Gasteiger partial charge in [-0.05, 0) is 30.9 Å². The molecule has 0 radical (unpaired) electrons. The normalized spacial score (nSPS) is 11.9. The Hall–Kier alpha value is -1.26. The Kier molecular flexibility index (Phi) is 5.95.